The van der Waals surface area contributed by atoms with Crippen LogP contribution in [-0.2, 0) is 19.5 Å². The summed E-state index contributed by atoms with van der Waals surface area (Å²) >= 11 is 0. The number of nitrogens with one attached hydrogen (secondary N) is 1. The average molecular weight is 417 g/mol. The van der Waals surface area contributed by atoms with E-state index in [4.69, 9.17) is 4.74 Å². The minimum Gasteiger partial charge on any atom is -0.493 e. The first-order valence-corrected chi connectivity index (χ1v) is 9.81. The van der Waals surface area contributed by atoms with Gasteiger partial charge in [-0.1, -0.05) is 0 Å². The van der Waals surface area contributed by atoms with Crippen LogP contribution in [0.5, 0.6) is 5.75 Å². The normalized spacial score (nSPS) is 14.6. The van der Waals surface area contributed by atoms with Crippen LogP contribution < -0.4 is 15.0 Å². The Labute approximate surface area is 175 Å². The molecule has 10 heteroatoms. The van der Waals surface area contributed by atoms with Gasteiger partial charge in [0.25, 0.3) is 5.91 Å². The van der Waals surface area contributed by atoms with Gasteiger partial charge in [0.1, 0.15) is 23.6 Å². The van der Waals surface area contributed by atoms with Gasteiger partial charge in [-0.2, -0.15) is 0 Å². The molecule has 0 radical (unpaired) electrons. The molecule has 0 saturated heterocycles. The van der Waals surface area contributed by atoms with E-state index in [2.05, 4.69) is 25.5 Å². The van der Waals surface area contributed by atoms with Crippen LogP contribution in [0.1, 0.15) is 27.0 Å². The molecule has 6 rings (SSSR count). The van der Waals surface area contributed by atoms with Crippen LogP contribution in [0, 0.1) is 5.82 Å². The van der Waals surface area contributed by atoms with Crippen molar-refractivity contribution in [2.45, 2.75) is 19.5 Å². The standard InChI is InChI=1S/C21H16FN7O2/c22-16-1-2-18-13(4-6-31-18)15(16)8-24-21-25-9-17(19-27-26-11-29(19)21)28-10-12-3-5-23-7-14(12)20(28)30/h1-3,5,7,9,11H,4,6,8,10H2,(H,24,25). The largest absolute Gasteiger partial charge is 0.493 e. The van der Waals surface area contributed by atoms with Crippen molar-refractivity contribution in [1.29, 1.82) is 0 Å². The molecule has 0 atom stereocenters. The molecule has 0 fully saturated rings. The molecule has 0 unspecified atom stereocenters. The fourth-order valence-electron chi connectivity index (χ4n) is 4.14. The van der Waals surface area contributed by atoms with Gasteiger partial charge in [0.05, 0.1) is 24.9 Å². The van der Waals surface area contributed by atoms with E-state index in [1.165, 1.54) is 12.4 Å². The molecule has 154 valence electrons. The number of carbonyl (C=O) groups excluding carboxylic acids is 1. The number of nitrogens with zero attached hydrogens (tertiary/aromatic N) is 6. The van der Waals surface area contributed by atoms with E-state index in [0.717, 1.165) is 16.9 Å². The SMILES string of the molecule is O=C1c2cnccc2CN1c1cnc(NCc2c(F)ccc3c2CCO3)n2cnnc12. The average Bonchev–Trinajstić information content (AvgIpc) is 3.52. The van der Waals surface area contributed by atoms with Gasteiger partial charge in [-0.3, -0.25) is 14.7 Å². The van der Waals surface area contributed by atoms with Gasteiger partial charge in [-0.05, 0) is 23.8 Å². The summed E-state index contributed by atoms with van der Waals surface area (Å²) in [4.78, 5) is 22.9. The minimum absolute atomic E-state index is 0.155. The highest BCUT2D eigenvalue weighted by Crippen LogP contribution is 2.32. The highest BCUT2D eigenvalue weighted by molar-refractivity contribution is 6.11. The second-order valence-corrected chi connectivity index (χ2v) is 7.37. The molecule has 4 aromatic rings. The second kappa shape index (κ2) is 6.73. The van der Waals surface area contributed by atoms with Crippen LogP contribution >= 0.6 is 0 Å². The first-order valence-electron chi connectivity index (χ1n) is 9.81. The van der Waals surface area contributed by atoms with E-state index >= 15 is 0 Å². The Balaban J connectivity index is 1.32. The van der Waals surface area contributed by atoms with Crippen molar-refractivity contribution in [2.75, 3.05) is 16.8 Å². The van der Waals surface area contributed by atoms with Gasteiger partial charge in [-0.15, -0.1) is 10.2 Å². The van der Waals surface area contributed by atoms with Crippen molar-refractivity contribution in [2.24, 2.45) is 0 Å². The topological polar surface area (TPSA) is 97.5 Å². The molecule has 5 heterocycles. The maximum atomic E-state index is 14.4. The Kier molecular flexibility index (Phi) is 3.85. The van der Waals surface area contributed by atoms with Gasteiger partial charge < -0.3 is 10.1 Å². The number of ether oxygens (including phenoxy) is 1. The molecule has 1 N–H and O–H groups in total. The van der Waals surface area contributed by atoms with Crippen LogP contribution in [0.3, 0.4) is 0 Å². The van der Waals surface area contributed by atoms with Gasteiger partial charge in [0.2, 0.25) is 5.95 Å². The number of carbonyl (C=O) groups is 1. The molecule has 0 aliphatic carbocycles. The molecule has 1 aromatic carbocycles. The Morgan fingerprint density at radius 2 is 2.16 bits per heavy atom. The first-order chi connectivity index (χ1) is 15.2. The van der Waals surface area contributed by atoms with Gasteiger partial charge in [-0.25, -0.2) is 13.8 Å². The lowest BCUT2D eigenvalue weighted by Gasteiger charge is -2.17. The number of rotatable bonds is 4. The first kappa shape index (κ1) is 17.8. The molecule has 0 saturated carbocycles. The number of hydrogen-bond acceptors (Lipinski definition) is 7. The molecule has 0 bridgehead atoms. The summed E-state index contributed by atoms with van der Waals surface area (Å²) < 4.78 is 21.6. The van der Waals surface area contributed by atoms with Crippen molar-refractivity contribution in [3.05, 3.63) is 71.2 Å². The van der Waals surface area contributed by atoms with Crippen LogP contribution in [0.25, 0.3) is 5.65 Å². The van der Waals surface area contributed by atoms with Crippen molar-refractivity contribution in [3.8, 4) is 5.75 Å². The summed E-state index contributed by atoms with van der Waals surface area (Å²) in [5, 5.41) is 11.3. The number of benzene rings is 1. The van der Waals surface area contributed by atoms with E-state index in [-0.39, 0.29) is 18.3 Å². The molecule has 3 aromatic heterocycles. The van der Waals surface area contributed by atoms with Crippen molar-refractivity contribution in [3.63, 3.8) is 0 Å². The molecular weight excluding hydrogens is 401 g/mol. The number of anilines is 2. The third-order valence-corrected chi connectivity index (χ3v) is 5.68. The number of halogens is 1. The zero-order valence-corrected chi connectivity index (χ0v) is 16.2. The fraction of sp³-hybridized carbons (Fsp3) is 0.190. The molecule has 2 aliphatic heterocycles. The number of aromatic nitrogens is 5. The molecule has 1 amide bonds. The van der Waals surface area contributed by atoms with Crippen LogP contribution in [0.15, 0.2) is 43.1 Å². The maximum absolute atomic E-state index is 14.4. The summed E-state index contributed by atoms with van der Waals surface area (Å²) in [5.41, 5.74) is 3.92. The van der Waals surface area contributed by atoms with E-state index < -0.39 is 0 Å². The summed E-state index contributed by atoms with van der Waals surface area (Å²) in [7, 11) is 0. The fourth-order valence-corrected chi connectivity index (χ4v) is 4.14. The molecule has 9 nitrogen and oxygen atoms in total. The summed E-state index contributed by atoms with van der Waals surface area (Å²) in [5.74, 6) is 0.725. The van der Waals surface area contributed by atoms with Crippen LogP contribution in [0.4, 0.5) is 16.0 Å². The van der Waals surface area contributed by atoms with Crippen molar-refractivity contribution < 1.29 is 13.9 Å². The zero-order valence-electron chi connectivity index (χ0n) is 16.2. The number of pyridine rings is 1. The highest BCUT2D eigenvalue weighted by Gasteiger charge is 2.31. The van der Waals surface area contributed by atoms with Crippen molar-refractivity contribution >= 4 is 23.2 Å². The smallest absolute Gasteiger partial charge is 0.260 e. The predicted octanol–water partition coefficient (Wildman–Crippen LogP) is 2.37. The van der Waals surface area contributed by atoms with Gasteiger partial charge >= 0.3 is 0 Å². The molecular formula is C21H16FN7O2. The highest BCUT2D eigenvalue weighted by atomic mass is 19.1. The Morgan fingerprint density at radius 3 is 3.06 bits per heavy atom. The Morgan fingerprint density at radius 1 is 1.23 bits per heavy atom. The number of hydrogen-bond donors (Lipinski definition) is 1. The monoisotopic (exact) mass is 417 g/mol. The summed E-state index contributed by atoms with van der Waals surface area (Å²) in [6, 6.07) is 4.90. The lowest BCUT2D eigenvalue weighted by atomic mass is 10.0. The van der Waals surface area contributed by atoms with E-state index in [1.807, 2.05) is 6.07 Å². The minimum atomic E-state index is -0.289. The quantitative estimate of drug-likeness (QED) is 0.544. The lowest BCUT2D eigenvalue weighted by Crippen LogP contribution is -2.24. The summed E-state index contributed by atoms with van der Waals surface area (Å²) in [6.07, 6.45) is 7.00. The van der Waals surface area contributed by atoms with Gasteiger partial charge in [0.15, 0.2) is 5.65 Å². The van der Waals surface area contributed by atoms with Crippen LogP contribution in [-0.4, -0.2) is 37.1 Å². The molecule has 0 spiro atoms. The third kappa shape index (κ3) is 2.71. The Hall–Kier alpha value is -4.08. The van der Waals surface area contributed by atoms with E-state index in [1.54, 1.807) is 34.0 Å². The lowest BCUT2D eigenvalue weighted by molar-refractivity contribution is 0.0996. The maximum Gasteiger partial charge on any atom is 0.260 e. The summed E-state index contributed by atoms with van der Waals surface area (Å²) in [6.45, 7) is 1.20. The molecule has 2 aliphatic rings. The molecule has 31 heavy (non-hydrogen) atoms. The Bertz CT molecular complexity index is 1350. The van der Waals surface area contributed by atoms with E-state index in [0.29, 0.717) is 48.0 Å². The van der Waals surface area contributed by atoms with Crippen LogP contribution in [0.2, 0.25) is 0 Å². The predicted molar refractivity (Wildman–Crippen MR) is 108 cm³/mol. The van der Waals surface area contributed by atoms with Gasteiger partial charge in [0, 0.05) is 36.5 Å². The number of amides is 1. The zero-order chi connectivity index (χ0) is 20.9. The van der Waals surface area contributed by atoms with Crippen molar-refractivity contribution in [1.82, 2.24) is 24.6 Å². The van der Waals surface area contributed by atoms with E-state index in [9.17, 15) is 9.18 Å². The number of fused-ring (bicyclic) bond motifs is 3. The second-order valence-electron chi connectivity index (χ2n) is 7.37. The third-order valence-electron chi connectivity index (χ3n) is 5.68.